The molecule has 1 aromatic rings. The highest BCUT2D eigenvalue weighted by molar-refractivity contribution is 7.89. The maximum absolute atomic E-state index is 12.5. The highest BCUT2D eigenvalue weighted by Crippen LogP contribution is 2.19. The van der Waals surface area contributed by atoms with E-state index in [0.29, 0.717) is 12.0 Å². The van der Waals surface area contributed by atoms with E-state index in [1.54, 1.807) is 18.0 Å². The lowest BCUT2D eigenvalue weighted by Gasteiger charge is -2.25. The number of rotatable bonds is 5. The van der Waals surface area contributed by atoms with Crippen molar-refractivity contribution in [3.8, 4) is 0 Å². The summed E-state index contributed by atoms with van der Waals surface area (Å²) in [6.45, 7) is 5.87. The van der Waals surface area contributed by atoms with Gasteiger partial charge in [-0.25, -0.2) is 13.6 Å². The number of nitrogens with two attached hydrogens (primary N) is 1. The molecule has 0 fully saturated rings. The number of carbonyl (C=O) groups is 1. The minimum Gasteiger partial charge on any atom is -0.339 e. The van der Waals surface area contributed by atoms with E-state index < -0.39 is 10.0 Å². The van der Waals surface area contributed by atoms with Gasteiger partial charge in [0.1, 0.15) is 0 Å². The van der Waals surface area contributed by atoms with Crippen LogP contribution in [0.1, 0.15) is 43.1 Å². The molecule has 0 radical (unpaired) electrons. The topological polar surface area (TPSA) is 80.5 Å². The van der Waals surface area contributed by atoms with Crippen LogP contribution in [0.5, 0.6) is 0 Å². The molecule has 0 aliphatic carbocycles. The maximum Gasteiger partial charge on any atom is 0.254 e. The van der Waals surface area contributed by atoms with Crippen LogP contribution >= 0.6 is 0 Å². The molecule has 5 nitrogen and oxygen atoms in total. The molecule has 0 heterocycles. The van der Waals surface area contributed by atoms with Crippen molar-refractivity contribution in [3.63, 3.8) is 0 Å². The average molecular weight is 298 g/mol. The van der Waals surface area contributed by atoms with E-state index in [0.717, 1.165) is 12.0 Å². The summed E-state index contributed by atoms with van der Waals surface area (Å²) in [5.41, 5.74) is 1.22. The number of carbonyl (C=O) groups excluding carboxylic acids is 1. The van der Waals surface area contributed by atoms with Gasteiger partial charge in [0.2, 0.25) is 10.0 Å². The number of nitrogens with zero attached hydrogens (tertiary/aromatic N) is 1. The Bertz CT molecular complexity index is 596. The normalized spacial score (nSPS) is 13.1. The first-order chi connectivity index (χ1) is 9.22. The Labute approximate surface area is 120 Å². The lowest BCUT2D eigenvalue weighted by molar-refractivity contribution is 0.0739. The molecule has 0 bridgehead atoms. The van der Waals surface area contributed by atoms with Crippen LogP contribution in [0.15, 0.2) is 23.1 Å². The standard InChI is InChI=1S/C14H22N2O3S/c1-5-10(3)16(4)14(17)13-9-12(20(15,18)19)8-7-11(13)6-2/h7-10H,5-6H2,1-4H3,(H2,15,18,19). The Morgan fingerprint density at radius 1 is 1.35 bits per heavy atom. The molecular weight excluding hydrogens is 276 g/mol. The zero-order valence-corrected chi connectivity index (χ0v) is 13.2. The number of hydrogen-bond donors (Lipinski definition) is 1. The molecule has 20 heavy (non-hydrogen) atoms. The van der Waals surface area contributed by atoms with Gasteiger partial charge >= 0.3 is 0 Å². The average Bonchev–Trinajstić information content (AvgIpc) is 2.43. The van der Waals surface area contributed by atoms with E-state index in [9.17, 15) is 13.2 Å². The Kier molecular flexibility index (Phi) is 5.30. The number of amides is 1. The number of benzene rings is 1. The van der Waals surface area contributed by atoms with E-state index in [1.165, 1.54) is 12.1 Å². The van der Waals surface area contributed by atoms with Crippen molar-refractivity contribution in [3.05, 3.63) is 29.3 Å². The monoisotopic (exact) mass is 298 g/mol. The Hall–Kier alpha value is -1.40. The Balaban J connectivity index is 3.31. The highest BCUT2D eigenvalue weighted by atomic mass is 32.2. The molecule has 0 spiro atoms. The van der Waals surface area contributed by atoms with Gasteiger partial charge in [-0.05, 0) is 37.5 Å². The molecule has 1 unspecified atom stereocenters. The summed E-state index contributed by atoms with van der Waals surface area (Å²) in [5.74, 6) is -0.179. The van der Waals surface area contributed by atoms with Gasteiger partial charge in [-0.2, -0.15) is 0 Å². The van der Waals surface area contributed by atoms with Gasteiger partial charge in [0, 0.05) is 18.7 Å². The van der Waals surface area contributed by atoms with Crippen LogP contribution in [0.2, 0.25) is 0 Å². The summed E-state index contributed by atoms with van der Waals surface area (Å²) in [4.78, 5) is 14.1. The Morgan fingerprint density at radius 2 is 1.95 bits per heavy atom. The molecule has 1 amide bonds. The molecule has 1 aromatic carbocycles. The van der Waals surface area contributed by atoms with Crippen molar-refractivity contribution in [2.75, 3.05) is 7.05 Å². The minimum absolute atomic E-state index is 0.0319. The zero-order chi connectivity index (χ0) is 15.5. The molecule has 2 N–H and O–H groups in total. The fourth-order valence-corrected chi connectivity index (χ4v) is 2.44. The van der Waals surface area contributed by atoms with Crippen molar-refractivity contribution in [2.24, 2.45) is 5.14 Å². The molecule has 0 saturated heterocycles. The molecule has 0 saturated carbocycles. The third-order valence-electron chi connectivity index (χ3n) is 3.59. The van der Waals surface area contributed by atoms with Crippen LogP contribution in [0.3, 0.4) is 0 Å². The summed E-state index contributed by atoms with van der Waals surface area (Å²) in [7, 11) is -2.08. The van der Waals surface area contributed by atoms with Crippen LogP contribution in [0.25, 0.3) is 0 Å². The van der Waals surface area contributed by atoms with Crippen molar-refractivity contribution in [1.82, 2.24) is 4.90 Å². The predicted molar refractivity (Wildman–Crippen MR) is 79.0 cm³/mol. The molecule has 0 aliphatic heterocycles. The highest BCUT2D eigenvalue weighted by Gasteiger charge is 2.21. The number of hydrogen-bond acceptors (Lipinski definition) is 3. The maximum atomic E-state index is 12.5. The molecule has 6 heteroatoms. The Morgan fingerprint density at radius 3 is 2.40 bits per heavy atom. The van der Waals surface area contributed by atoms with Gasteiger partial charge in [-0.3, -0.25) is 4.79 Å². The quantitative estimate of drug-likeness (QED) is 0.899. The lowest BCUT2D eigenvalue weighted by atomic mass is 10.0. The van der Waals surface area contributed by atoms with Gasteiger partial charge < -0.3 is 4.90 Å². The van der Waals surface area contributed by atoms with Gasteiger partial charge in [0.15, 0.2) is 0 Å². The van der Waals surface area contributed by atoms with Gasteiger partial charge in [-0.15, -0.1) is 0 Å². The minimum atomic E-state index is -3.81. The second-order valence-electron chi connectivity index (χ2n) is 4.89. The summed E-state index contributed by atoms with van der Waals surface area (Å²) in [6, 6.07) is 4.55. The van der Waals surface area contributed by atoms with Crippen LogP contribution in [-0.2, 0) is 16.4 Å². The summed E-state index contributed by atoms with van der Waals surface area (Å²) >= 11 is 0. The van der Waals surface area contributed by atoms with Gasteiger partial charge in [0.25, 0.3) is 5.91 Å². The van der Waals surface area contributed by atoms with E-state index in [4.69, 9.17) is 5.14 Å². The summed E-state index contributed by atoms with van der Waals surface area (Å²) in [5, 5.41) is 5.13. The molecule has 1 rings (SSSR count). The van der Waals surface area contributed by atoms with Crippen molar-refractivity contribution < 1.29 is 13.2 Å². The number of primary sulfonamides is 1. The molecule has 1 atom stereocenters. The second kappa shape index (κ2) is 6.37. The van der Waals surface area contributed by atoms with Gasteiger partial charge in [0.05, 0.1) is 4.90 Å². The first kappa shape index (κ1) is 16.7. The molecule has 0 aromatic heterocycles. The van der Waals surface area contributed by atoms with Crippen molar-refractivity contribution in [2.45, 2.75) is 44.6 Å². The largest absolute Gasteiger partial charge is 0.339 e. The van der Waals surface area contributed by atoms with Crippen LogP contribution < -0.4 is 5.14 Å². The van der Waals surface area contributed by atoms with Crippen LogP contribution in [0, 0.1) is 0 Å². The van der Waals surface area contributed by atoms with E-state index in [1.807, 2.05) is 20.8 Å². The third kappa shape index (κ3) is 3.58. The third-order valence-corrected chi connectivity index (χ3v) is 4.50. The lowest BCUT2D eigenvalue weighted by Crippen LogP contribution is -2.35. The van der Waals surface area contributed by atoms with Crippen molar-refractivity contribution >= 4 is 15.9 Å². The van der Waals surface area contributed by atoms with Crippen LogP contribution in [-0.4, -0.2) is 32.3 Å². The van der Waals surface area contributed by atoms with Crippen LogP contribution in [0.4, 0.5) is 0 Å². The van der Waals surface area contributed by atoms with E-state index in [-0.39, 0.29) is 16.8 Å². The zero-order valence-electron chi connectivity index (χ0n) is 12.4. The predicted octanol–water partition coefficient (Wildman–Crippen LogP) is 1.77. The first-order valence-corrected chi connectivity index (χ1v) is 8.19. The summed E-state index contributed by atoms with van der Waals surface area (Å²) in [6.07, 6.45) is 1.49. The van der Waals surface area contributed by atoms with Crippen molar-refractivity contribution in [1.29, 1.82) is 0 Å². The second-order valence-corrected chi connectivity index (χ2v) is 6.45. The molecule has 0 aliphatic rings. The SMILES string of the molecule is CCc1ccc(S(N)(=O)=O)cc1C(=O)N(C)C(C)CC. The van der Waals surface area contributed by atoms with Gasteiger partial charge in [-0.1, -0.05) is 19.9 Å². The summed E-state index contributed by atoms with van der Waals surface area (Å²) < 4.78 is 22.8. The number of sulfonamides is 1. The fourth-order valence-electron chi connectivity index (χ4n) is 1.90. The van der Waals surface area contributed by atoms with E-state index >= 15 is 0 Å². The molecule has 112 valence electrons. The van der Waals surface area contributed by atoms with E-state index in [2.05, 4.69) is 0 Å². The number of aryl methyl sites for hydroxylation is 1. The first-order valence-electron chi connectivity index (χ1n) is 6.65. The smallest absolute Gasteiger partial charge is 0.254 e. The fraction of sp³-hybridized carbons (Fsp3) is 0.500. The molecular formula is C14H22N2O3S.